The van der Waals surface area contributed by atoms with Gasteiger partial charge in [-0.1, -0.05) is 0 Å². The number of ether oxygens (including phenoxy) is 1. The number of benzene rings is 1. The molecule has 2 aliphatic rings. The summed E-state index contributed by atoms with van der Waals surface area (Å²) in [5.41, 5.74) is 0.456. The molecule has 28 heavy (non-hydrogen) atoms. The van der Waals surface area contributed by atoms with Crippen LogP contribution in [0, 0.1) is 5.82 Å². The molecule has 0 bridgehead atoms. The lowest BCUT2D eigenvalue weighted by atomic mass is 10.1. The van der Waals surface area contributed by atoms with Crippen LogP contribution in [0.1, 0.15) is 40.9 Å². The summed E-state index contributed by atoms with van der Waals surface area (Å²) in [4.78, 5) is 19.2. The van der Waals surface area contributed by atoms with E-state index in [1.807, 2.05) is 11.5 Å². The van der Waals surface area contributed by atoms with Crippen LogP contribution in [0.15, 0.2) is 24.3 Å². The number of hydrogen-bond acceptors (Lipinski definition) is 7. The number of carbonyl (C=O) groups excluding carboxylic acids is 1. The molecule has 10 heteroatoms. The lowest BCUT2D eigenvalue weighted by Crippen LogP contribution is -2.41. The summed E-state index contributed by atoms with van der Waals surface area (Å²) < 4.78 is 24.8. The van der Waals surface area contributed by atoms with Gasteiger partial charge in [0.25, 0.3) is 5.91 Å². The molecule has 1 atom stereocenters. The smallest absolute Gasteiger partial charge is 0.254 e. The molecule has 2 aromatic heterocycles. The SMILES string of the molecule is C[C@@H]1c2nnc(-c3nc(C4COC4)ns3)n2CCN1C(=O)c1ccc(F)cc1. The molecule has 5 rings (SSSR count). The van der Waals surface area contributed by atoms with Crippen molar-refractivity contribution < 1.29 is 13.9 Å². The van der Waals surface area contributed by atoms with Crippen molar-refractivity contribution in [2.75, 3.05) is 19.8 Å². The van der Waals surface area contributed by atoms with E-state index >= 15 is 0 Å². The first-order valence-corrected chi connectivity index (χ1v) is 9.80. The lowest BCUT2D eigenvalue weighted by Gasteiger charge is -2.33. The van der Waals surface area contributed by atoms with Crippen molar-refractivity contribution in [2.45, 2.75) is 25.4 Å². The quantitative estimate of drug-likeness (QED) is 0.670. The lowest BCUT2D eigenvalue weighted by molar-refractivity contribution is 0.00536. The molecular formula is C18H17FN6O2S. The summed E-state index contributed by atoms with van der Waals surface area (Å²) >= 11 is 1.31. The highest BCUT2D eigenvalue weighted by atomic mass is 32.1. The van der Waals surface area contributed by atoms with Crippen LogP contribution in [0.5, 0.6) is 0 Å². The second-order valence-electron chi connectivity index (χ2n) is 6.91. The maximum atomic E-state index is 13.1. The molecule has 1 aromatic carbocycles. The minimum atomic E-state index is -0.363. The minimum Gasteiger partial charge on any atom is -0.380 e. The Hall–Kier alpha value is -2.72. The van der Waals surface area contributed by atoms with Gasteiger partial charge in [-0.3, -0.25) is 4.79 Å². The average Bonchev–Trinajstić information content (AvgIpc) is 3.28. The van der Waals surface area contributed by atoms with Crippen LogP contribution < -0.4 is 0 Å². The summed E-state index contributed by atoms with van der Waals surface area (Å²) in [6.45, 7) is 4.31. The predicted molar refractivity (Wildman–Crippen MR) is 98.3 cm³/mol. The molecule has 1 fully saturated rings. The van der Waals surface area contributed by atoms with E-state index in [1.165, 1.54) is 35.8 Å². The molecule has 2 aliphatic heterocycles. The Balaban J connectivity index is 1.40. The van der Waals surface area contributed by atoms with Crippen LogP contribution >= 0.6 is 11.5 Å². The summed E-state index contributed by atoms with van der Waals surface area (Å²) in [6, 6.07) is 5.34. The van der Waals surface area contributed by atoms with Crippen molar-refractivity contribution in [3.63, 3.8) is 0 Å². The van der Waals surface area contributed by atoms with E-state index in [9.17, 15) is 9.18 Å². The van der Waals surface area contributed by atoms with Crippen LogP contribution in [0.25, 0.3) is 10.8 Å². The van der Waals surface area contributed by atoms with Crippen LogP contribution in [0.2, 0.25) is 0 Å². The largest absolute Gasteiger partial charge is 0.380 e. The third kappa shape index (κ3) is 2.80. The molecule has 144 valence electrons. The van der Waals surface area contributed by atoms with E-state index in [-0.39, 0.29) is 23.7 Å². The Morgan fingerprint density at radius 3 is 2.71 bits per heavy atom. The van der Waals surface area contributed by atoms with E-state index in [2.05, 4.69) is 19.6 Å². The third-order valence-corrected chi connectivity index (χ3v) is 5.90. The summed E-state index contributed by atoms with van der Waals surface area (Å²) in [5.74, 6) is 1.93. The minimum absolute atomic E-state index is 0.147. The molecule has 0 saturated carbocycles. The van der Waals surface area contributed by atoms with Crippen LogP contribution in [0.4, 0.5) is 4.39 Å². The molecule has 1 amide bonds. The Kier molecular flexibility index (Phi) is 4.17. The van der Waals surface area contributed by atoms with Gasteiger partial charge in [0.05, 0.1) is 25.2 Å². The first-order valence-electron chi connectivity index (χ1n) is 9.03. The predicted octanol–water partition coefficient (Wildman–Crippen LogP) is 2.27. The highest BCUT2D eigenvalue weighted by molar-refractivity contribution is 7.09. The van der Waals surface area contributed by atoms with Gasteiger partial charge >= 0.3 is 0 Å². The van der Waals surface area contributed by atoms with E-state index in [4.69, 9.17) is 4.74 Å². The number of halogens is 1. The van der Waals surface area contributed by atoms with Crippen LogP contribution in [-0.2, 0) is 11.3 Å². The normalized spacial score (nSPS) is 19.4. The highest BCUT2D eigenvalue weighted by Gasteiger charge is 2.33. The molecule has 1 saturated heterocycles. The fourth-order valence-electron chi connectivity index (χ4n) is 3.46. The number of amides is 1. The molecule has 0 unspecified atom stereocenters. The van der Waals surface area contributed by atoms with Crippen molar-refractivity contribution in [1.29, 1.82) is 0 Å². The number of rotatable bonds is 3. The zero-order valence-electron chi connectivity index (χ0n) is 15.1. The summed E-state index contributed by atoms with van der Waals surface area (Å²) in [6.07, 6.45) is 0. The van der Waals surface area contributed by atoms with Crippen molar-refractivity contribution in [3.05, 3.63) is 47.3 Å². The zero-order valence-corrected chi connectivity index (χ0v) is 15.9. The number of fused-ring (bicyclic) bond motifs is 1. The van der Waals surface area contributed by atoms with Gasteiger partial charge in [0.1, 0.15) is 5.82 Å². The molecule has 4 heterocycles. The van der Waals surface area contributed by atoms with E-state index in [0.717, 1.165) is 10.8 Å². The van der Waals surface area contributed by atoms with E-state index in [0.29, 0.717) is 43.5 Å². The number of aromatic nitrogens is 5. The van der Waals surface area contributed by atoms with Crippen molar-refractivity contribution in [3.8, 4) is 10.8 Å². The number of hydrogen-bond donors (Lipinski definition) is 0. The maximum Gasteiger partial charge on any atom is 0.254 e. The molecule has 0 aliphatic carbocycles. The van der Waals surface area contributed by atoms with Gasteiger partial charge in [0, 0.05) is 18.7 Å². The average molecular weight is 400 g/mol. The van der Waals surface area contributed by atoms with Crippen molar-refractivity contribution in [2.24, 2.45) is 0 Å². The van der Waals surface area contributed by atoms with Gasteiger partial charge in [-0.2, -0.15) is 4.37 Å². The standard InChI is InChI=1S/C18H17FN6O2S/c1-10-15-21-22-16(17-20-14(23-28-17)12-8-27-9-12)25(15)7-6-24(10)18(26)11-2-4-13(19)5-3-11/h2-5,10,12H,6-9H2,1H3/t10-/m1/s1. The number of nitrogens with zero attached hydrogens (tertiary/aromatic N) is 6. The molecule has 0 N–H and O–H groups in total. The first kappa shape index (κ1) is 17.4. The van der Waals surface area contributed by atoms with Crippen molar-refractivity contribution in [1.82, 2.24) is 29.0 Å². The third-order valence-electron chi connectivity index (χ3n) is 5.17. The van der Waals surface area contributed by atoms with Crippen molar-refractivity contribution >= 4 is 17.4 Å². The van der Waals surface area contributed by atoms with Gasteiger partial charge in [-0.05, 0) is 42.7 Å². The molecule has 8 nitrogen and oxygen atoms in total. The molecule has 3 aromatic rings. The van der Waals surface area contributed by atoms with Gasteiger partial charge in [-0.15, -0.1) is 10.2 Å². The Morgan fingerprint density at radius 2 is 2.00 bits per heavy atom. The summed E-state index contributed by atoms with van der Waals surface area (Å²) in [7, 11) is 0. The zero-order chi connectivity index (χ0) is 19.3. The fourth-order valence-corrected chi connectivity index (χ4v) is 4.19. The van der Waals surface area contributed by atoms with Gasteiger partial charge in [0.2, 0.25) is 0 Å². The topological polar surface area (TPSA) is 86.0 Å². The Bertz CT molecular complexity index is 1030. The van der Waals surface area contributed by atoms with Gasteiger partial charge in [-0.25, -0.2) is 9.37 Å². The van der Waals surface area contributed by atoms with Crippen LogP contribution in [-0.4, -0.2) is 54.7 Å². The van der Waals surface area contributed by atoms with E-state index in [1.54, 1.807) is 4.90 Å². The second kappa shape index (κ2) is 6.71. The monoisotopic (exact) mass is 400 g/mol. The Labute approximate surface area is 164 Å². The maximum absolute atomic E-state index is 13.1. The van der Waals surface area contributed by atoms with E-state index < -0.39 is 0 Å². The second-order valence-corrected chi connectivity index (χ2v) is 7.66. The Morgan fingerprint density at radius 1 is 1.21 bits per heavy atom. The van der Waals surface area contributed by atoms with Gasteiger partial charge < -0.3 is 14.2 Å². The number of carbonyl (C=O) groups is 1. The highest BCUT2D eigenvalue weighted by Crippen LogP contribution is 2.31. The van der Waals surface area contributed by atoms with Crippen LogP contribution in [0.3, 0.4) is 0 Å². The molecule has 0 spiro atoms. The molecular weight excluding hydrogens is 383 g/mol. The molecule has 0 radical (unpaired) electrons. The summed E-state index contributed by atoms with van der Waals surface area (Å²) in [5, 5.41) is 9.36. The van der Waals surface area contributed by atoms with Gasteiger partial charge in [0.15, 0.2) is 22.5 Å². The first-order chi connectivity index (χ1) is 13.6. The fraction of sp³-hybridized carbons (Fsp3) is 0.389.